The van der Waals surface area contributed by atoms with Crippen molar-refractivity contribution >= 4 is 38.4 Å². The third kappa shape index (κ3) is 5.48. The molecule has 0 unspecified atom stereocenters. The number of hydrogen-bond acceptors (Lipinski definition) is 3. The van der Waals surface area contributed by atoms with Gasteiger partial charge in [0.1, 0.15) is 0 Å². The number of halogens is 1. The lowest BCUT2D eigenvalue weighted by atomic mass is 10.1. The van der Waals surface area contributed by atoms with E-state index in [0.29, 0.717) is 24.5 Å². The van der Waals surface area contributed by atoms with Crippen LogP contribution in [0.5, 0.6) is 0 Å². The van der Waals surface area contributed by atoms with Gasteiger partial charge in [-0.05, 0) is 60.7 Å². The van der Waals surface area contributed by atoms with Gasteiger partial charge in [-0.1, -0.05) is 60.1 Å². The van der Waals surface area contributed by atoms with Gasteiger partial charge in [-0.3, -0.25) is 4.79 Å². The molecule has 0 saturated heterocycles. The van der Waals surface area contributed by atoms with Crippen LogP contribution in [0.15, 0.2) is 90.0 Å². The molecule has 1 N–H and O–H groups in total. The number of nitrogens with one attached hydrogen (secondary N) is 1. The normalized spacial score (nSPS) is 13.8. The van der Waals surface area contributed by atoms with Gasteiger partial charge in [0.25, 0.3) is 0 Å². The summed E-state index contributed by atoms with van der Waals surface area (Å²) < 4.78 is 28.2. The molecule has 1 amide bonds. The van der Waals surface area contributed by atoms with Crippen molar-refractivity contribution in [3.63, 3.8) is 0 Å². The Morgan fingerprint density at radius 2 is 1.64 bits per heavy atom. The molecule has 1 heterocycles. The summed E-state index contributed by atoms with van der Waals surface area (Å²) in [5.41, 5.74) is 3.19. The molecule has 1 aliphatic rings. The van der Waals surface area contributed by atoms with Crippen molar-refractivity contribution in [3.05, 3.63) is 101 Å². The zero-order valence-electron chi connectivity index (χ0n) is 19.8. The number of sulfonamides is 1. The van der Waals surface area contributed by atoms with Crippen LogP contribution in [-0.2, 0) is 27.8 Å². The molecular weight excluding hydrogens is 494 g/mol. The van der Waals surface area contributed by atoms with Crippen LogP contribution in [0.25, 0.3) is 10.9 Å². The number of para-hydroxylation sites is 1. The second kappa shape index (κ2) is 10.5. The van der Waals surface area contributed by atoms with Crippen LogP contribution in [0.3, 0.4) is 0 Å². The number of H-pyrrole nitrogens is 1. The number of aromatic amines is 1. The molecule has 1 fully saturated rings. The maximum Gasteiger partial charge on any atom is 0.243 e. The Kier molecular flexibility index (Phi) is 7.14. The van der Waals surface area contributed by atoms with Crippen molar-refractivity contribution in [1.29, 1.82) is 0 Å². The predicted molar refractivity (Wildman–Crippen MR) is 142 cm³/mol. The quantitative estimate of drug-likeness (QED) is 0.310. The van der Waals surface area contributed by atoms with Crippen LogP contribution in [0.2, 0.25) is 5.02 Å². The molecule has 186 valence electrons. The van der Waals surface area contributed by atoms with Gasteiger partial charge in [0.2, 0.25) is 15.9 Å². The molecule has 1 aromatic heterocycles. The number of rotatable bonds is 10. The summed E-state index contributed by atoms with van der Waals surface area (Å²) >= 11 is 5.96. The highest BCUT2D eigenvalue weighted by atomic mass is 35.5. The largest absolute Gasteiger partial charge is 0.361 e. The summed E-state index contributed by atoms with van der Waals surface area (Å²) in [4.78, 5) is 18.8. The molecule has 1 saturated carbocycles. The number of aromatic nitrogens is 1. The minimum Gasteiger partial charge on any atom is -0.361 e. The monoisotopic (exact) mass is 521 g/mol. The van der Waals surface area contributed by atoms with Gasteiger partial charge >= 0.3 is 0 Å². The van der Waals surface area contributed by atoms with Crippen molar-refractivity contribution in [1.82, 2.24) is 14.2 Å². The second-order valence-electron chi connectivity index (χ2n) is 9.15. The molecule has 0 spiro atoms. The van der Waals surface area contributed by atoms with Crippen molar-refractivity contribution in [2.45, 2.75) is 36.7 Å². The average molecular weight is 522 g/mol. The number of benzene rings is 3. The lowest BCUT2D eigenvalue weighted by Crippen LogP contribution is -2.44. The van der Waals surface area contributed by atoms with Crippen molar-refractivity contribution in [3.8, 4) is 0 Å². The van der Waals surface area contributed by atoms with Gasteiger partial charge in [-0.25, -0.2) is 8.42 Å². The van der Waals surface area contributed by atoms with Gasteiger partial charge in [-0.2, -0.15) is 4.31 Å². The van der Waals surface area contributed by atoms with Crippen molar-refractivity contribution in [2.24, 2.45) is 0 Å². The zero-order chi connectivity index (χ0) is 25.1. The Bertz CT molecular complexity index is 1450. The van der Waals surface area contributed by atoms with E-state index in [1.165, 1.54) is 16.4 Å². The highest BCUT2D eigenvalue weighted by Gasteiger charge is 2.40. The number of amides is 1. The van der Waals surface area contributed by atoms with Crippen LogP contribution < -0.4 is 0 Å². The summed E-state index contributed by atoms with van der Waals surface area (Å²) in [5.74, 6) is -0.205. The molecule has 6 nitrogen and oxygen atoms in total. The number of hydrogen-bond donors (Lipinski definition) is 1. The van der Waals surface area contributed by atoms with E-state index >= 15 is 0 Å². The first-order chi connectivity index (χ1) is 17.4. The van der Waals surface area contributed by atoms with E-state index < -0.39 is 10.0 Å². The van der Waals surface area contributed by atoms with E-state index in [0.717, 1.165) is 34.9 Å². The Balaban J connectivity index is 1.37. The smallest absolute Gasteiger partial charge is 0.243 e. The van der Waals surface area contributed by atoms with E-state index in [1.54, 1.807) is 17.0 Å². The number of fused-ring (bicyclic) bond motifs is 1. The van der Waals surface area contributed by atoms with Gasteiger partial charge in [0.05, 0.1) is 11.4 Å². The van der Waals surface area contributed by atoms with Crippen molar-refractivity contribution in [2.75, 3.05) is 13.1 Å². The first kappa shape index (κ1) is 24.6. The molecular formula is C28H28ClN3O3S. The zero-order valence-corrected chi connectivity index (χ0v) is 21.4. The lowest BCUT2D eigenvalue weighted by molar-refractivity contribution is -0.132. The minimum atomic E-state index is -3.82. The molecule has 0 aliphatic heterocycles. The van der Waals surface area contributed by atoms with E-state index in [-0.39, 0.29) is 23.4 Å². The van der Waals surface area contributed by atoms with Gasteiger partial charge in [0, 0.05) is 41.3 Å². The lowest BCUT2D eigenvalue weighted by Gasteiger charge is -2.27. The summed E-state index contributed by atoms with van der Waals surface area (Å²) in [6.45, 7) is 0.715. The molecule has 0 radical (unpaired) electrons. The summed E-state index contributed by atoms with van der Waals surface area (Å²) in [6.07, 6.45) is 4.16. The van der Waals surface area contributed by atoms with Crippen LogP contribution in [0, 0.1) is 0 Å². The number of carbonyl (C=O) groups is 1. The summed E-state index contributed by atoms with van der Waals surface area (Å²) in [6, 6.07) is 23.8. The molecule has 36 heavy (non-hydrogen) atoms. The van der Waals surface area contributed by atoms with Gasteiger partial charge < -0.3 is 9.88 Å². The van der Waals surface area contributed by atoms with Gasteiger partial charge in [-0.15, -0.1) is 0 Å². The standard InChI is InChI=1S/C28H28ClN3O3S/c29-23-10-14-25(15-11-23)36(34,35)32(24-12-13-24)20-28(33)31(19-21-6-2-1-3-7-21)17-16-22-18-30-27-9-5-4-8-26(22)27/h1-11,14-15,18,24,30H,12-13,16-17,19-20H2. The van der Waals surface area contributed by atoms with E-state index in [1.807, 2.05) is 54.7 Å². The molecule has 5 rings (SSSR count). The topological polar surface area (TPSA) is 73.5 Å². The fourth-order valence-corrected chi connectivity index (χ4v) is 6.20. The molecule has 8 heteroatoms. The fourth-order valence-electron chi connectivity index (χ4n) is 4.44. The first-order valence-electron chi connectivity index (χ1n) is 12.1. The van der Waals surface area contributed by atoms with Crippen LogP contribution in [-0.4, -0.2) is 47.6 Å². The number of carbonyl (C=O) groups excluding carboxylic acids is 1. The SMILES string of the molecule is O=C(CN(C1CC1)S(=O)(=O)c1ccc(Cl)cc1)N(CCc1c[nH]c2ccccc12)Cc1ccccc1. The minimum absolute atomic E-state index is 0.151. The van der Waals surface area contributed by atoms with E-state index in [4.69, 9.17) is 11.6 Å². The van der Waals surface area contributed by atoms with Crippen molar-refractivity contribution < 1.29 is 13.2 Å². The van der Waals surface area contributed by atoms with E-state index in [9.17, 15) is 13.2 Å². The molecule has 1 aliphatic carbocycles. The molecule has 0 atom stereocenters. The third-order valence-corrected chi connectivity index (χ3v) is 8.72. The molecule has 0 bridgehead atoms. The Morgan fingerprint density at radius 3 is 2.36 bits per heavy atom. The van der Waals surface area contributed by atoms with Gasteiger partial charge in [0.15, 0.2) is 0 Å². The predicted octanol–water partition coefficient (Wildman–Crippen LogP) is 5.25. The maximum absolute atomic E-state index is 13.6. The summed E-state index contributed by atoms with van der Waals surface area (Å²) in [5, 5.41) is 1.60. The number of nitrogens with zero attached hydrogens (tertiary/aromatic N) is 2. The Labute approximate surface area is 216 Å². The maximum atomic E-state index is 13.6. The average Bonchev–Trinajstić information content (AvgIpc) is 3.65. The molecule has 3 aromatic carbocycles. The molecule has 4 aromatic rings. The Hall–Kier alpha value is -3.13. The highest BCUT2D eigenvalue weighted by Crippen LogP contribution is 2.32. The van der Waals surface area contributed by atoms with Crippen LogP contribution >= 0.6 is 11.6 Å². The summed E-state index contributed by atoms with van der Waals surface area (Å²) in [7, 11) is -3.82. The highest BCUT2D eigenvalue weighted by molar-refractivity contribution is 7.89. The van der Waals surface area contributed by atoms with E-state index in [2.05, 4.69) is 11.1 Å². The van der Waals surface area contributed by atoms with Crippen LogP contribution in [0.1, 0.15) is 24.0 Å². The second-order valence-corrected chi connectivity index (χ2v) is 11.5. The Morgan fingerprint density at radius 1 is 0.944 bits per heavy atom. The van der Waals surface area contributed by atoms with Crippen LogP contribution in [0.4, 0.5) is 0 Å². The fraction of sp³-hybridized carbons (Fsp3) is 0.250. The first-order valence-corrected chi connectivity index (χ1v) is 13.9. The third-order valence-electron chi connectivity index (χ3n) is 6.56.